The maximum absolute atomic E-state index is 6.16. The van der Waals surface area contributed by atoms with Crippen LogP contribution in [0.2, 0.25) is 5.02 Å². The van der Waals surface area contributed by atoms with Gasteiger partial charge in [-0.3, -0.25) is 5.43 Å². The second-order valence-corrected chi connectivity index (χ2v) is 4.37. The van der Waals surface area contributed by atoms with E-state index in [1.54, 1.807) is 32.6 Å². The highest BCUT2D eigenvalue weighted by atomic mass is 35.5. The third-order valence-electron chi connectivity index (χ3n) is 2.67. The molecule has 0 heterocycles. The molecule has 5 heteroatoms. The molecule has 1 N–H and O–H groups in total. The summed E-state index contributed by atoms with van der Waals surface area (Å²) in [6, 6.07) is 13.1. The number of hydrogen-bond acceptors (Lipinski definition) is 4. The highest BCUT2D eigenvalue weighted by molar-refractivity contribution is 6.33. The zero-order valence-corrected chi connectivity index (χ0v) is 12.0. The number of anilines is 1. The fraction of sp³-hybridized carbons (Fsp3) is 0.133. The number of rotatable bonds is 5. The van der Waals surface area contributed by atoms with Crippen LogP contribution in [0.15, 0.2) is 47.6 Å². The first kappa shape index (κ1) is 14.2. The normalized spacial score (nSPS) is 10.6. The summed E-state index contributed by atoms with van der Waals surface area (Å²) in [5.74, 6) is 1.20. The van der Waals surface area contributed by atoms with Gasteiger partial charge in [-0.15, -0.1) is 0 Å². The lowest BCUT2D eigenvalue weighted by molar-refractivity contribution is 0.355. The van der Waals surface area contributed by atoms with Crippen LogP contribution in [0, 0.1) is 0 Å². The van der Waals surface area contributed by atoms with Crippen molar-refractivity contribution < 1.29 is 9.47 Å². The van der Waals surface area contributed by atoms with Crippen LogP contribution < -0.4 is 14.9 Å². The Hall–Kier alpha value is -2.20. The lowest BCUT2D eigenvalue weighted by atomic mass is 10.2. The van der Waals surface area contributed by atoms with E-state index in [2.05, 4.69) is 10.5 Å². The molecule has 0 saturated carbocycles. The first-order valence-corrected chi connectivity index (χ1v) is 6.38. The van der Waals surface area contributed by atoms with Gasteiger partial charge in [0.15, 0.2) is 11.5 Å². The minimum atomic E-state index is 0.543. The Morgan fingerprint density at radius 1 is 1.05 bits per heavy atom. The predicted molar refractivity (Wildman–Crippen MR) is 82.2 cm³/mol. The van der Waals surface area contributed by atoms with E-state index < -0.39 is 0 Å². The first-order valence-electron chi connectivity index (χ1n) is 6.00. The molecule has 2 aromatic rings. The van der Waals surface area contributed by atoms with Gasteiger partial charge in [0.05, 0.1) is 31.1 Å². The van der Waals surface area contributed by atoms with Crippen molar-refractivity contribution in [3.05, 3.63) is 53.1 Å². The summed E-state index contributed by atoms with van der Waals surface area (Å²) >= 11 is 6.16. The average molecular weight is 291 g/mol. The number of para-hydroxylation sites is 1. The van der Waals surface area contributed by atoms with E-state index in [4.69, 9.17) is 21.1 Å². The second kappa shape index (κ2) is 6.82. The Morgan fingerprint density at radius 3 is 2.35 bits per heavy atom. The lowest BCUT2D eigenvalue weighted by Crippen LogP contribution is -1.95. The highest BCUT2D eigenvalue weighted by Gasteiger charge is 2.08. The zero-order valence-electron chi connectivity index (χ0n) is 11.3. The Balaban J connectivity index is 2.16. The molecule has 0 unspecified atom stereocenters. The minimum Gasteiger partial charge on any atom is -0.493 e. The van der Waals surface area contributed by atoms with Gasteiger partial charge in [0.2, 0.25) is 0 Å². The number of methoxy groups -OCH3 is 2. The summed E-state index contributed by atoms with van der Waals surface area (Å²) in [6.45, 7) is 0. The van der Waals surface area contributed by atoms with Gasteiger partial charge in [-0.05, 0) is 18.2 Å². The summed E-state index contributed by atoms with van der Waals surface area (Å²) in [5, 5.41) is 4.69. The molecule has 0 fully saturated rings. The molecule has 0 aliphatic heterocycles. The zero-order chi connectivity index (χ0) is 14.4. The van der Waals surface area contributed by atoms with Crippen LogP contribution in [0.4, 0.5) is 5.69 Å². The van der Waals surface area contributed by atoms with Crippen LogP contribution >= 0.6 is 11.6 Å². The van der Waals surface area contributed by atoms with Crippen molar-refractivity contribution in [3.8, 4) is 11.5 Å². The minimum absolute atomic E-state index is 0.543. The smallest absolute Gasteiger partial charge is 0.162 e. The summed E-state index contributed by atoms with van der Waals surface area (Å²) in [7, 11) is 3.15. The number of nitrogens with one attached hydrogen (secondary N) is 1. The molecule has 2 rings (SSSR count). The predicted octanol–water partition coefficient (Wildman–Crippen LogP) is 3.80. The van der Waals surface area contributed by atoms with E-state index >= 15 is 0 Å². The van der Waals surface area contributed by atoms with Gasteiger partial charge < -0.3 is 9.47 Å². The monoisotopic (exact) mass is 290 g/mol. The number of ether oxygens (including phenoxy) is 2. The maximum Gasteiger partial charge on any atom is 0.162 e. The molecule has 20 heavy (non-hydrogen) atoms. The van der Waals surface area contributed by atoms with Crippen LogP contribution in [0.25, 0.3) is 0 Å². The Labute approximate surface area is 123 Å². The molecule has 104 valence electrons. The summed E-state index contributed by atoms with van der Waals surface area (Å²) in [4.78, 5) is 0. The maximum atomic E-state index is 6.16. The van der Waals surface area contributed by atoms with Gasteiger partial charge in [-0.2, -0.15) is 5.10 Å². The van der Waals surface area contributed by atoms with Gasteiger partial charge >= 0.3 is 0 Å². The van der Waals surface area contributed by atoms with Gasteiger partial charge in [-0.1, -0.05) is 29.8 Å². The van der Waals surface area contributed by atoms with Crippen molar-refractivity contribution in [2.24, 2.45) is 5.10 Å². The Bertz CT molecular complexity index is 600. The largest absolute Gasteiger partial charge is 0.493 e. The lowest BCUT2D eigenvalue weighted by Gasteiger charge is -2.09. The van der Waals surface area contributed by atoms with Crippen LogP contribution in [-0.4, -0.2) is 20.4 Å². The molecular weight excluding hydrogens is 276 g/mol. The van der Waals surface area contributed by atoms with Gasteiger partial charge in [0.1, 0.15) is 0 Å². The van der Waals surface area contributed by atoms with Crippen LogP contribution in [-0.2, 0) is 0 Å². The fourth-order valence-electron chi connectivity index (χ4n) is 1.66. The van der Waals surface area contributed by atoms with E-state index in [1.165, 1.54) is 0 Å². The molecule has 2 aromatic carbocycles. The van der Waals surface area contributed by atoms with Crippen molar-refractivity contribution in [3.63, 3.8) is 0 Å². The number of hydrazone groups is 1. The van der Waals surface area contributed by atoms with E-state index in [1.807, 2.05) is 30.3 Å². The molecule has 4 nitrogen and oxygen atoms in total. The fourth-order valence-corrected chi connectivity index (χ4v) is 1.86. The molecule has 0 radical (unpaired) electrons. The highest BCUT2D eigenvalue weighted by Crippen LogP contribution is 2.32. The summed E-state index contributed by atoms with van der Waals surface area (Å²) < 4.78 is 10.4. The van der Waals surface area contributed by atoms with Gasteiger partial charge in [0.25, 0.3) is 0 Å². The quantitative estimate of drug-likeness (QED) is 0.673. The Kier molecular flexibility index (Phi) is 4.85. The van der Waals surface area contributed by atoms with Crippen LogP contribution in [0.1, 0.15) is 5.56 Å². The molecule has 0 amide bonds. The molecule has 0 atom stereocenters. The van der Waals surface area contributed by atoms with Crippen molar-refractivity contribution in [1.82, 2.24) is 0 Å². The first-order chi connectivity index (χ1) is 9.74. The van der Waals surface area contributed by atoms with Crippen LogP contribution in [0.3, 0.4) is 0 Å². The number of benzene rings is 2. The van der Waals surface area contributed by atoms with Crippen molar-refractivity contribution in [2.45, 2.75) is 0 Å². The van der Waals surface area contributed by atoms with Gasteiger partial charge in [0, 0.05) is 11.6 Å². The molecular formula is C15H15ClN2O2. The van der Waals surface area contributed by atoms with Crippen molar-refractivity contribution in [2.75, 3.05) is 19.6 Å². The SMILES string of the molecule is COc1cc(Cl)c(/C=N/Nc2ccccc2)cc1OC. The molecule has 0 bridgehead atoms. The number of nitrogens with zero attached hydrogens (tertiary/aromatic N) is 1. The molecule has 0 aromatic heterocycles. The van der Waals surface area contributed by atoms with E-state index in [9.17, 15) is 0 Å². The van der Waals surface area contributed by atoms with Gasteiger partial charge in [-0.25, -0.2) is 0 Å². The van der Waals surface area contributed by atoms with Crippen molar-refractivity contribution >= 4 is 23.5 Å². The van der Waals surface area contributed by atoms with Crippen LogP contribution in [0.5, 0.6) is 11.5 Å². The third-order valence-corrected chi connectivity index (χ3v) is 3.00. The van der Waals surface area contributed by atoms with Crippen molar-refractivity contribution in [1.29, 1.82) is 0 Å². The number of hydrogen-bond donors (Lipinski definition) is 1. The summed E-state index contributed by atoms with van der Waals surface area (Å²) in [6.07, 6.45) is 1.64. The average Bonchev–Trinajstić information content (AvgIpc) is 2.49. The molecule has 0 spiro atoms. The third kappa shape index (κ3) is 3.42. The second-order valence-electron chi connectivity index (χ2n) is 3.96. The molecule has 0 aliphatic rings. The van der Waals surface area contributed by atoms with E-state index in [0.29, 0.717) is 16.5 Å². The molecule has 0 saturated heterocycles. The topological polar surface area (TPSA) is 42.8 Å². The number of halogens is 1. The van der Waals surface area contributed by atoms with E-state index in [-0.39, 0.29) is 0 Å². The van der Waals surface area contributed by atoms with E-state index in [0.717, 1.165) is 11.3 Å². The molecule has 0 aliphatic carbocycles. The summed E-state index contributed by atoms with van der Waals surface area (Å²) in [5.41, 5.74) is 4.57. The Morgan fingerprint density at radius 2 is 1.70 bits per heavy atom. The standard InChI is InChI=1S/C15H15ClN2O2/c1-19-14-8-11(13(16)9-15(14)20-2)10-17-18-12-6-4-3-5-7-12/h3-10,18H,1-2H3/b17-10+.